The minimum absolute atomic E-state index is 0.142. The van der Waals surface area contributed by atoms with Crippen LogP contribution in [0.5, 0.6) is 0 Å². The molecule has 0 aromatic heterocycles. The van der Waals surface area contributed by atoms with Crippen molar-refractivity contribution in [1.29, 1.82) is 0 Å². The van der Waals surface area contributed by atoms with Crippen molar-refractivity contribution in [1.82, 2.24) is 0 Å². The van der Waals surface area contributed by atoms with Gasteiger partial charge < -0.3 is 0 Å². The van der Waals surface area contributed by atoms with E-state index >= 15 is 0 Å². The molecule has 0 spiro atoms. The van der Waals surface area contributed by atoms with Crippen LogP contribution in [0.15, 0.2) is 0 Å². The number of rotatable bonds is 5. The summed E-state index contributed by atoms with van der Waals surface area (Å²) in [5.41, 5.74) is 1.17. The Morgan fingerprint density at radius 3 is 2.25 bits per heavy atom. The summed E-state index contributed by atoms with van der Waals surface area (Å²) >= 11 is 5.85. The largest absolute Gasteiger partial charge is 0.251 e. The van der Waals surface area contributed by atoms with Gasteiger partial charge in [-0.1, -0.05) is 6.42 Å². The van der Waals surface area contributed by atoms with Crippen molar-refractivity contribution in [2.45, 2.75) is 38.5 Å². The molecule has 2 heteroatoms. The maximum atomic E-state index is 11.8. The molecule has 70 valence electrons. The third kappa shape index (κ3) is 1.17. The summed E-state index contributed by atoms with van der Waals surface area (Å²) in [5.74, 6) is 0.845. The Labute approximate surface area is 78.5 Å². The normalized spacial score (nSPS) is 43.5. The number of unbranched alkanes of at least 4 members (excludes halogenated alkanes) is 1. The highest BCUT2D eigenvalue weighted by atomic mass is 35.5. The first-order valence-electron chi connectivity index (χ1n) is 4.86. The third-order valence-corrected chi connectivity index (χ3v) is 4.19. The summed E-state index contributed by atoms with van der Waals surface area (Å²) in [6.45, 7) is -0.142. The molecule has 3 aliphatic carbocycles. The molecule has 0 unspecified atom stereocenters. The number of hydrogen-bond donors (Lipinski definition) is 0. The van der Waals surface area contributed by atoms with Crippen molar-refractivity contribution in [2.24, 2.45) is 10.8 Å². The fourth-order valence-corrected chi connectivity index (χ4v) is 3.52. The fourth-order valence-electron chi connectivity index (χ4n) is 3.23. The average molecular weight is 191 g/mol. The summed E-state index contributed by atoms with van der Waals surface area (Å²) in [6, 6.07) is 0. The van der Waals surface area contributed by atoms with Crippen LogP contribution >= 0.6 is 11.6 Å². The summed E-state index contributed by atoms with van der Waals surface area (Å²) in [5, 5.41) is 0. The lowest BCUT2D eigenvalue weighted by atomic mass is 9.35. The second kappa shape index (κ2) is 2.87. The zero-order valence-electron chi connectivity index (χ0n) is 7.41. The molecule has 0 aromatic rings. The van der Waals surface area contributed by atoms with E-state index in [2.05, 4.69) is 0 Å². The zero-order chi connectivity index (χ0) is 8.66. The molecule has 2 bridgehead atoms. The van der Waals surface area contributed by atoms with Crippen molar-refractivity contribution >= 4 is 11.6 Å². The maximum absolute atomic E-state index is 11.8. The number of hydrogen-bond acceptors (Lipinski definition) is 0. The molecule has 0 aromatic carbocycles. The van der Waals surface area contributed by atoms with Crippen LogP contribution in [-0.4, -0.2) is 12.6 Å². The van der Waals surface area contributed by atoms with Crippen molar-refractivity contribution in [3.05, 3.63) is 0 Å². The van der Waals surface area contributed by atoms with E-state index in [1.165, 1.54) is 25.7 Å². The van der Waals surface area contributed by atoms with Gasteiger partial charge in [0.2, 0.25) is 0 Å². The van der Waals surface area contributed by atoms with Crippen molar-refractivity contribution in [3.8, 4) is 0 Å². The lowest BCUT2D eigenvalue weighted by Gasteiger charge is -2.71. The average Bonchev–Trinajstić information content (AvgIpc) is 1.92. The molecule has 3 aliphatic rings. The molecule has 3 rings (SSSR count). The SMILES string of the molecule is FCCCCC12CC(CCl)(C1)C2. The minimum atomic E-state index is -0.142. The highest BCUT2D eigenvalue weighted by molar-refractivity contribution is 6.18. The van der Waals surface area contributed by atoms with Gasteiger partial charge in [0.05, 0.1) is 6.67 Å². The van der Waals surface area contributed by atoms with E-state index in [1.807, 2.05) is 0 Å². The molecule has 0 saturated heterocycles. The van der Waals surface area contributed by atoms with Crippen LogP contribution in [-0.2, 0) is 0 Å². The van der Waals surface area contributed by atoms with Gasteiger partial charge in [0.15, 0.2) is 0 Å². The minimum Gasteiger partial charge on any atom is -0.251 e. The van der Waals surface area contributed by atoms with E-state index in [9.17, 15) is 4.39 Å². The Kier molecular flexibility index (Phi) is 2.10. The molecule has 0 atom stereocenters. The number of alkyl halides is 2. The Morgan fingerprint density at radius 1 is 1.08 bits per heavy atom. The summed E-state index contributed by atoms with van der Waals surface area (Å²) in [6.07, 6.45) is 7.07. The predicted molar refractivity (Wildman–Crippen MR) is 49.3 cm³/mol. The Hall–Kier alpha value is 0.220. The Balaban J connectivity index is 1.67. The van der Waals surface area contributed by atoms with Crippen LogP contribution in [0.25, 0.3) is 0 Å². The fraction of sp³-hybridized carbons (Fsp3) is 1.00. The quantitative estimate of drug-likeness (QED) is 0.460. The molecular formula is C10H16ClF. The maximum Gasteiger partial charge on any atom is 0.0894 e. The summed E-state index contributed by atoms with van der Waals surface area (Å²) in [7, 11) is 0. The van der Waals surface area contributed by atoms with Gasteiger partial charge in [0.1, 0.15) is 0 Å². The third-order valence-electron chi connectivity index (χ3n) is 3.62. The van der Waals surface area contributed by atoms with Gasteiger partial charge in [-0.3, -0.25) is 4.39 Å². The van der Waals surface area contributed by atoms with Crippen molar-refractivity contribution in [3.63, 3.8) is 0 Å². The van der Waals surface area contributed by atoms with Crippen LogP contribution in [0.2, 0.25) is 0 Å². The monoisotopic (exact) mass is 190 g/mol. The van der Waals surface area contributed by atoms with E-state index in [0.717, 1.165) is 18.7 Å². The molecule has 12 heavy (non-hydrogen) atoms. The Morgan fingerprint density at radius 2 is 1.75 bits per heavy atom. The smallest absolute Gasteiger partial charge is 0.0894 e. The van der Waals surface area contributed by atoms with Crippen LogP contribution < -0.4 is 0 Å². The van der Waals surface area contributed by atoms with E-state index in [0.29, 0.717) is 10.8 Å². The highest BCUT2D eigenvalue weighted by Crippen LogP contribution is 2.75. The molecular weight excluding hydrogens is 175 g/mol. The van der Waals surface area contributed by atoms with Gasteiger partial charge in [-0.15, -0.1) is 11.6 Å². The van der Waals surface area contributed by atoms with Crippen molar-refractivity contribution in [2.75, 3.05) is 12.6 Å². The van der Waals surface area contributed by atoms with E-state index in [1.54, 1.807) is 0 Å². The first-order chi connectivity index (χ1) is 5.74. The first-order valence-corrected chi connectivity index (χ1v) is 5.40. The molecule has 0 radical (unpaired) electrons. The lowest BCUT2D eigenvalue weighted by molar-refractivity contribution is -0.192. The topological polar surface area (TPSA) is 0 Å². The van der Waals surface area contributed by atoms with Gasteiger partial charge >= 0.3 is 0 Å². The van der Waals surface area contributed by atoms with E-state index in [-0.39, 0.29) is 6.67 Å². The first kappa shape index (κ1) is 8.80. The molecule has 3 fully saturated rings. The zero-order valence-corrected chi connectivity index (χ0v) is 8.17. The van der Waals surface area contributed by atoms with E-state index < -0.39 is 0 Å². The molecule has 0 aliphatic heterocycles. The van der Waals surface area contributed by atoms with Crippen LogP contribution in [0.3, 0.4) is 0 Å². The number of halogens is 2. The molecule has 0 amide bonds. The van der Waals surface area contributed by atoms with Crippen LogP contribution in [0.4, 0.5) is 4.39 Å². The van der Waals surface area contributed by atoms with Gasteiger partial charge in [0, 0.05) is 5.88 Å². The Bertz CT molecular complexity index is 159. The van der Waals surface area contributed by atoms with Crippen LogP contribution in [0.1, 0.15) is 38.5 Å². The lowest BCUT2D eigenvalue weighted by Crippen LogP contribution is -2.62. The predicted octanol–water partition coefficient (Wildman–Crippen LogP) is 3.54. The van der Waals surface area contributed by atoms with Gasteiger partial charge in [0.25, 0.3) is 0 Å². The van der Waals surface area contributed by atoms with Gasteiger partial charge in [-0.2, -0.15) is 0 Å². The highest BCUT2D eigenvalue weighted by Gasteiger charge is 2.65. The summed E-state index contributed by atoms with van der Waals surface area (Å²) < 4.78 is 11.8. The second-order valence-electron chi connectivity index (χ2n) is 4.81. The molecule has 0 heterocycles. The van der Waals surface area contributed by atoms with Gasteiger partial charge in [-0.25, -0.2) is 0 Å². The summed E-state index contributed by atoms with van der Waals surface area (Å²) in [4.78, 5) is 0. The molecule has 0 nitrogen and oxygen atoms in total. The van der Waals surface area contributed by atoms with Crippen LogP contribution in [0, 0.1) is 10.8 Å². The molecule has 0 N–H and O–H groups in total. The van der Waals surface area contributed by atoms with Gasteiger partial charge in [-0.05, 0) is 42.9 Å². The van der Waals surface area contributed by atoms with Crippen molar-refractivity contribution < 1.29 is 4.39 Å². The van der Waals surface area contributed by atoms with E-state index in [4.69, 9.17) is 11.6 Å². The molecule has 3 saturated carbocycles. The second-order valence-corrected chi connectivity index (χ2v) is 5.08. The standard InChI is InChI=1S/C10H16ClF/c11-8-10-5-9(6-10,7-10)3-1-2-4-12/h1-8H2.